The van der Waals surface area contributed by atoms with Crippen molar-refractivity contribution in [1.82, 2.24) is 20.4 Å². The molecule has 3 rings (SSSR count). The SMILES string of the molecule is CCNCC1CCN(C(=O)c2cnc3onc(CC)c3c2)CC1. The van der Waals surface area contributed by atoms with Crippen LogP contribution in [0.15, 0.2) is 16.8 Å². The standard InChI is InChI=1S/C17H24N4O2/c1-3-15-14-9-13(11-19-16(14)23-20-15)17(22)21-7-5-12(6-8-21)10-18-4-2/h9,11-12,18H,3-8,10H2,1-2H3. The maximum absolute atomic E-state index is 12.7. The molecule has 6 heteroatoms. The molecule has 2 aromatic heterocycles. The van der Waals surface area contributed by atoms with Gasteiger partial charge in [0.15, 0.2) is 0 Å². The first-order valence-corrected chi connectivity index (χ1v) is 8.47. The summed E-state index contributed by atoms with van der Waals surface area (Å²) in [4.78, 5) is 18.9. The van der Waals surface area contributed by atoms with Crippen LogP contribution in [0.2, 0.25) is 0 Å². The molecule has 2 aromatic rings. The maximum atomic E-state index is 12.7. The molecule has 1 N–H and O–H groups in total. The molecule has 1 fully saturated rings. The first kappa shape index (κ1) is 15.9. The lowest BCUT2D eigenvalue weighted by molar-refractivity contribution is 0.0690. The summed E-state index contributed by atoms with van der Waals surface area (Å²) >= 11 is 0. The van der Waals surface area contributed by atoms with Crippen LogP contribution in [-0.4, -0.2) is 47.1 Å². The number of aromatic nitrogens is 2. The molecule has 0 unspecified atom stereocenters. The van der Waals surface area contributed by atoms with E-state index in [1.165, 1.54) is 0 Å². The zero-order valence-corrected chi connectivity index (χ0v) is 13.8. The third-order valence-corrected chi connectivity index (χ3v) is 4.57. The van der Waals surface area contributed by atoms with Crippen LogP contribution in [0.1, 0.15) is 42.7 Å². The summed E-state index contributed by atoms with van der Waals surface area (Å²) in [6.45, 7) is 7.82. The van der Waals surface area contributed by atoms with Gasteiger partial charge in [-0.05, 0) is 44.3 Å². The number of aryl methyl sites for hydroxylation is 1. The van der Waals surface area contributed by atoms with E-state index in [9.17, 15) is 4.79 Å². The first-order chi connectivity index (χ1) is 11.2. The molecule has 1 amide bonds. The van der Waals surface area contributed by atoms with Crippen LogP contribution in [-0.2, 0) is 6.42 Å². The number of rotatable bonds is 5. The van der Waals surface area contributed by atoms with E-state index in [1.807, 2.05) is 17.9 Å². The molecule has 0 spiro atoms. The normalized spacial score (nSPS) is 16.2. The zero-order valence-electron chi connectivity index (χ0n) is 13.8. The highest BCUT2D eigenvalue weighted by Gasteiger charge is 2.24. The van der Waals surface area contributed by atoms with E-state index in [2.05, 4.69) is 22.4 Å². The van der Waals surface area contributed by atoms with Crippen molar-refractivity contribution in [3.8, 4) is 0 Å². The van der Waals surface area contributed by atoms with Gasteiger partial charge in [-0.2, -0.15) is 0 Å². The molecule has 0 radical (unpaired) electrons. The number of carbonyl (C=O) groups is 1. The predicted molar refractivity (Wildman–Crippen MR) is 88.4 cm³/mol. The van der Waals surface area contributed by atoms with Crippen LogP contribution in [0.25, 0.3) is 11.1 Å². The van der Waals surface area contributed by atoms with Gasteiger partial charge >= 0.3 is 0 Å². The molecule has 124 valence electrons. The van der Waals surface area contributed by atoms with E-state index in [0.29, 0.717) is 17.2 Å². The average molecular weight is 316 g/mol. The fraction of sp³-hybridized carbons (Fsp3) is 0.588. The number of nitrogens with one attached hydrogen (secondary N) is 1. The van der Waals surface area contributed by atoms with Crippen molar-refractivity contribution < 1.29 is 9.32 Å². The molecule has 0 aromatic carbocycles. The number of nitrogens with zero attached hydrogens (tertiary/aromatic N) is 3. The summed E-state index contributed by atoms with van der Waals surface area (Å²) < 4.78 is 5.18. The Bertz CT molecular complexity index is 674. The third kappa shape index (κ3) is 3.37. The topological polar surface area (TPSA) is 71.3 Å². The molecule has 0 aliphatic carbocycles. The van der Waals surface area contributed by atoms with Crippen LogP contribution in [0.4, 0.5) is 0 Å². The fourth-order valence-electron chi connectivity index (χ4n) is 3.12. The van der Waals surface area contributed by atoms with Gasteiger partial charge in [-0.25, -0.2) is 4.98 Å². The number of carbonyl (C=O) groups excluding carboxylic acids is 1. The highest BCUT2D eigenvalue weighted by Crippen LogP contribution is 2.22. The Labute approximate surface area is 136 Å². The van der Waals surface area contributed by atoms with Gasteiger partial charge in [0.2, 0.25) is 0 Å². The Kier molecular flexibility index (Phi) is 4.91. The molecular formula is C17H24N4O2. The van der Waals surface area contributed by atoms with E-state index in [-0.39, 0.29) is 5.91 Å². The summed E-state index contributed by atoms with van der Waals surface area (Å²) in [6.07, 6.45) is 4.48. The zero-order chi connectivity index (χ0) is 16.2. The highest BCUT2D eigenvalue weighted by molar-refractivity contribution is 5.97. The summed E-state index contributed by atoms with van der Waals surface area (Å²) in [5.74, 6) is 0.730. The minimum Gasteiger partial charge on any atom is -0.339 e. The number of hydrogen-bond donors (Lipinski definition) is 1. The lowest BCUT2D eigenvalue weighted by atomic mass is 9.96. The van der Waals surface area contributed by atoms with Gasteiger partial charge in [-0.15, -0.1) is 0 Å². The van der Waals surface area contributed by atoms with Crippen molar-refractivity contribution in [1.29, 1.82) is 0 Å². The van der Waals surface area contributed by atoms with E-state index in [4.69, 9.17) is 4.52 Å². The Morgan fingerprint density at radius 1 is 1.39 bits per heavy atom. The second kappa shape index (κ2) is 7.08. The smallest absolute Gasteiger partial charge is 0.257 e. The summed E-state index contributed by atoms with van der Waals surface area (Å²) in [5, 5.41) is 8.24. The second-order valence-corrected chi connectivity index (χ2v) is 6.10. The van der Waals surface area contributed by atoms with Gasteiger partial charge in [0, 0.05) is 19.3 Å². The lowest BCUT2D eigenvalue weighted by Crippen LogP contribution is -2.40. The number of amides is 1. The fourth-order valence-corrected chi connectivity index (χ4v) is 3.12. The second-order valence-electron chi connectivity index (χ2n) is 6.10. The number of fused-ring (bicyclic) bond motifs is 1. The molecule has 0 saturated carbocycles. The van der Waals surface area contributed by atoms with Crippen LogP contribution in [0.5, 0.6) is 0 Å². The Hall–Kier alpha value is -1.95. The van der Waals surface area contributed by atoms with Gasteiger partial charge in [-0.1, -0.05) is 19.0 Å². The first-order valence-electron chi connectivity index (χ1n) is 8.47. The van der Waals surface area contributed by atoms with E-state index in [0.717, 1.165) is 56.5 Å². The largest absolute Gasteiger partial charge is 0.339 e. The number of hydrogen-bond acceptors (Lipinski definition) is 5. The molecule has 0 atom stereocenters. The Morgan fingerprint density at radius 3 is 2.87 bits per heavy atom. The predicted octanol–water partition coefficient (Wildman–Crippen LogP) is 2.25. The van der Waals surface area contributed by atoms with E-state index < -0.39 is 0 Å². The van der Waals surface area contributed by atoms with Gasteiger partial charge < -0.3 is 14.7 Å². The lowest BCUT2D eigenvalue weighted by Gasteiger charge is -2.32. The Balaban J connectivity index is 1.69. The van der Waals surface area contributed by atoms with E-state index >= 15 is 0 Å². The van der Waals surface area contributed by atoms with Gasteiger partial charge in [0.25, 0.3) is 11.6 Å². The van der Waals surface area contributed by atoms with Crippen molar-refractivity contribution in [2.75, 3.05) is 26.2 Å². The van der Waals surface area contributed by atoms with Gasteiger partial charge in [0.1, 0.15) is 0 Å². The van der Waals surface area contributed by atoms with Crippen LogP contribution in [0.3, 0.4) is 0 Å². The molecule has 0 bridgehead atoms. The van der Waals surface area contributed by atoms with Crippen LogP contribution >= 0.6 is 0 Å². The van der Waals surface area contributed by atoms with Crippen molar-refractivity contribution in [2.24, 2.45) is 5.92 Å². The third-order valence-electron chi connectivity index (χ3n) is 4.57. The molecule has 23 heavy (non-hydrogen) atoms. The monoisotopic (exact) mass is 316 g/mol. The molecule has 1 saturated heterocycles. The summed E-state index contributed by atoms with van der Waals surface area (Å²) in [5.41, 5.74) is 1.98. The van der Waals surface area contributed by atoms with Crippen LogP contribution in [0, 0.1) is 5.92 Å². The number of pyridine rings is 1. The minimum atomic E-state index is 0.0598. The van der Waals surface area contributed by atoms with Crippen LogP contribution < -0.4 is 5.32 Å². The van der Waals surface area contributed by atoms with Gasteiger partial charge in [-0.3, -0.25) is 4.79 Å². The van der Waals surface area contributed by atoms with Gasteiger partial charge in [0.05, 0.1) is 16.6 Å². The van der Waals surface area contributed by atoms with Crippen molar-refractivity contribution in [3.05, 3.63) is 23.5 Å². The number of piperidine rings is 1. The minimum absolute atomic E-state index is 0.0598. The quantitative estimate of drug-likeness (QED) is 0.916. The molecule has 6 nitrogen and oxygen atoms in total. The van der Waals surface area contributed by atoms with Crippen molar-refractivity contribution in [3.63, 3.8) is 0 Å². The van der Waals surface area contributed by atoms with Crippen molar-refractivity contribution in [2.45, 2.75) is 33.1 Å². The van der Waals surface area contributed by atoms with Crippen molar-refractivity contribution >= 4 is 17.0 Å². The Morgan fingerprint density at radius 2 is 2.17 bits per heavy atom. The molecular weight excluding hydrogens is 292 g/mol. The number of likely N-dealkylation sites (tertiary alicyclic amines) is 1. The maximum Gasteiger partial charge on any atom is 0.257 e. The van der Waals surface area contributed by atoms with E-state index in [1.54, 1.807) is 6.20 Å². The summed E-state index contributed by atoms with van der Waals surface area (Å²) in [6, 6.07) is 1.87. The highest BCUT2D eigenvalue weighted by atomic mass is 16.5. The average Bonchev–Trinajstić information content (AvgIpc) is 3.02. The molecule has 1 aliphatic rings. The molecule has 3 heterocycles. The molecule has 1 aliphatic heterocycles. The summed E-state index contributed by atoms with van der Waals surface area (Å²) in [7, 11) is 0.